The van der Waals surface area contributed by atoms with Crippen molar-refractivity contribution < 1.29 is 14.3 Å². The van der Waals surface area contributed by atoms with E-state index in [2.05, 4.69) is 16.0 Å². The van der Waals surface area contributed by atoms with E-state index >= 15 is 0 Å². The second kappa shape index (κ2) is 6.85. The molecule has 1 aromatic carbocycles. The molecular formula is C13H11NO3. The predicted octanol–water partition coefficient (Wildman–Crippen LogP) is 1.36. The Hall–Kier alpha value is -2.54. The lowest BCUT2D eigenvalue weighted by molar-refractivity contribution is -0.136. The van der Waals surface area contributed by atoms with Crippen LogP contribution in [0, 0.1) is 12.3 Å². The van der Waals surface area contributed by atoms with Crippen LogP contribution in [0.4, 0.5) is 5.69 Å². The first-order chi connectivity index (χ1) is 8.22. The summed E-state index contributed by atoms with van der Waals surface area (Å²) < 4.78 is 4.55. The molecule has 0 aromatic heterocycles. The zero-order valence-corrected chi connectivity index (χ0v) is 9.05. The van der Waals surface area contributed by atoms with Crippen molar-refractivity contribution in [3.05, 3.63) is 42.5 Å². The van der Waals surface area contributed by atoms with E-state index in [0.29, 0.717) is 5.69 Å². The van der Waals surface area contributed by atoms with Crippen LogP contribution >= 0.6 is 0 Å². The number of carbonyl (C=O) groups excluding carboxylic acids is 2. The van der Waals surface area contributed by atoms with Crippen LogP contribution in [0.1, 0.15) is 0 Å². The fourth-order valence-electron chi connectivity index (χ4n) is 1.01. The monoisotopic (exact) mass is 229 g/mol. The number of nitrogens with one attached hydrogen (secondary N) is 1. The van der Waals surface area contributed by atoms with Crippen LogP contribution in [0.25, 0.3) is 0 Å². The fraction of sp³-hybridized carbons (Fsp3) is 0.0769. The summed E-state index contributed by atoms with van der Waals surface area (Å²) in [5.41, 5.74) is 0.652. The first-order valence-corrected chi connectivity index (χ1v) is 4.86. The van der Waals surface area contributed by atoms with Crippen molar-refractivity contribution >= 4 is 17.6 Å². The van der Waals surface area contributed by atoms with Crippen molar-refractivity contribution in [1.29, 1.82) is 0 Å². The second-order valence-electron chi connectivity index (χ2n) is 3.00. The number of anilines is 1. The molecular weight excluding hydrogens is 218 g/mol. The lowest BCUT2D eigenvalue weighted by Crippen LogP contribution is -2.09. The molecule has 0 aliphatic heterocycles. The van der Waals surface area contributed by atoms with Crippen LogP contribution in [-0.2, 0) is 14.3 Å². The van der Waals surface area contributed by atoms with Crippen LogP contribution in [0.3, 0.4) is 0 Å². The molecule has 4 heteroatoms. The largest absolute Gasteiger partial charge is 0.449 e. The van der Waals surface area contributed by atoms with Gasteiger partial charge in [-0.05, 0) is 12.1 Å². The topological polar surface area (TPSA) is 55.4 Å². The molecule has 0 heterocycles. The highest BCUT2D eigenvalue weighted by atomic mass is 16.5. The minimum Gasteiger partial charge on any atom is -0.449 e. The number of para-hydroxylation sites is 1. The Morgan fingerprint density at radius 3 is 2.65 bits per heavy atom. The summed E-state index contributed by atoms with van der Waals surface area (Å²) in [6, 6.07) is 8.90. The minimum atomic E-state index is -0.647. The van der Waals surface area contributed by atoms with Gasteiger partial charge in [0.25, 0.3) is 0 Å². The lowest BCUT2D eigenvalue weighted by atomic mass is 10.3. The van der Waals surface area contributed by atoms with Gasteiger partial charge in [-0.25, -0.2) is 4.79 Å². The van der Waals surface area contributed by atoms with Gasteiger partial charge >= 0.3 is 5.97 Å². The van der Waals surface area contributed by atoms with E-state index in [0.717, 1.165) is 12.2 Å². The number of rotatable bonds is 4. The maximum atomic E-state index is 11.3. The minimum absolute atomic E-state index is 0.108. The summed E-state index contributed by atoms with van der Waals surface area (Å²) in [7, 11) is 0. The van der Waals surface area contributed by atoms with Gasteiger partial charge < -0.3 is 10.1 Å². The van der Waals surface area contributed by atoms with Crippen LogP contribution in [-0.4, -0.2) is 18.5 Å². The normalized spacial score (nSPS) is 9.59. The van der Waals surface area contributed by atoms with Crippen molar-refractivity contribution in [3.63, 3.8) is 0 Å². The predicted molar refractivity (Wildman–Crippen MR) is 64.0 cm³/mol. The zero-order valence-electron chi connectivity index (χ0n) is 9.05. The Morgan fingerprint density at radius 1 is 1.29 bits per heavy atom. The van der Waals surface area contributed by atoms with Crippen molar-refractivity contribution in [1.82, 2.24) is 0 Å². The number of hydrogen-bond acceptors (Lipinski definition) is 3. The van der Waals surface area contributed by atoms with Crippen LogP contribution < -0.4 is 5.32 Å². The number of amides is 1. The summed E-state index contributed by atoms with van der Waals surface area (Å²) in [4.78, 5) is 22.3. The van der Waals surface area contributed by atoms with E-state index in [9.17, 15) is 9.59 Å². The Bertz CT molecular complexity index is 457. The molecule has 0 aliphatic carbocycles. The first-order valence-electron chi connectivity index (χ1n) is 4.86. The molecule has 0 spiro atoms. The van der Waals surface area contributed by atoms with Gasteiger partial charge in [0.05, 0.1) is 0 Å². The Kier molecular flexibility index (Phi) is 5.05. The third-order valence-electron chi connectivity index (χ3n) is 1.71. The van der Waals surface area contributed by atoms with E-state index in [-0.39, 0.29) is 6.61 Å². The highest BCUT2D eigenvalue weighted by molar-refractivity contribution is 6.02. The van der Waals surface area contributed by atoms with E-state index in [1.165, 1.54) is 0 Å². The first kappa shape index (κ1) is 12.5. The molecule has 4 nitrogen and oxygen atoms in total. The average Bonchev–Trinajstić information content (AvgIpc) is 2.35. The molecule has 0 radical (unpaired) electrons. The molecule has 86 valence electrons. The van der Waals surface area contributed by atoms with Crippen LogP contribution in [0.5, 0.6) is 0 Å². The molecule has 1 amide bonds. The maximum absolute atomic E-state index is 11.3. The van der Waals surface area contributed by atoms with E-state index in [1.54, 1.807) is 24.3 Å². The number of carbonyl (C=O) groups is 2. The van der Waals surface area contributed by atoms with Gasteiger partial charge in [-0.1, -0.05) is 24.1 Å². The highest BCUT2D eigenvalue weighted by Crippen LogP contribution is 2.04. The number of esters is 1. The Balaban J connectivity index is 2.42. The van der Waals surface area contributed by atoms with Gasteiger partial charge in [0, 0.05) is 17.8 Å². The number of benzene rings is 1. The molecule has 0 saturated carbocycles. The summed E-state index contributed by atoms with van der Waals surface area (Å²) in [6.45, 7) is -0.108. The smallest absolute Gasteiger partial charge is 0.331 e. The average molecular weight is 229 g/mol. The van der Waals surface area contributed by atoms with Gasteiger partial charge in [0.15, 0.2) is 6.61 Å². The molecule has 1 rings (SSSR count). The summed E-state index contributed by atoms with van der Waals surface area (Å²) in [5, 5.41) is 2.58. The van der Waals surface area contributed by atoms with Gasteiger partial charge in [0.2, 0.25) is 5.91 Å². The Morgan fingerprint density at radius 2 is 2.00 bits per heavy atom. The van der Waals surface area contributed by atoms with E-state index < -0.39 is 11.9 Å². The zero-order chi connectivity index (χ0) is 12.5. The molecule has 17 heavy (non-hydrogen) atoms. The lowest BCUT2D eigenvalue weighted by Gasteiger charge is -2.00. The summed E-state index contributed by atoms with van der Waals surface area (Å²) in [6.07, 6.45) is 7.02. The van der Waals surface area contributed by atoms with Gasteiger partial charge in [-0.2, -0.15) is 0 Å². The van der Waals surface area contributed by atoms with Gasteiger partial charge in [-0.3, -0.25) is 4.79 Å². The third kappa shape index (κ3) is 5.19. The highest BCUT2D eigenvalue weighted by Gasteiger charge is 1.99. The van der Waals surface area contributed by atoms with Crippen molar-refractivity contribution in [3.8, 4) is 12.3 Å². The molecule has 0 unspecified atom stereocenters. The number of hydrogen-bond donors (Lipinski definition) is 1. The summed E-state index contributed by atoms with van der Waals surface area (Å²) in [5.74, 6) is 1.09. The van der Waals surface area contributed by atoms with Crippen molar-refractivity contribution in [2.75, 3.05) is 11.9 Å². The van der Waals surface area contributed by atoms with Crippen molar-refractivity contribution in [2.45, 2.75) is 0 Å². The van der Waals surface area contributed by atoms with Gasteiger partial charge in [-0.15, -0.1) is 6.42 Å². The fourth-order valence-corrected chi connectivity index (χ4v) is 1.01. The molecule has 0 saturated heterocycles. The molecule has 0 bridgehead atoms. The molecule has 0 atom stereocenters. The molecule has 0 fully saturated rings. The van der Waals surface area contributed by atoms with E-state index in [1.807, 2.05) is 6.07 Å². The maximum Gasteiger partial charge on any atom is 0.331 e. The quantitative estimate of drug-likeness (QED) is 0.482. The third-order valence-corrected chi connectivity index (χ3v) is 1.71. The molecule has 0 aliphatic rings. The van der Waals surface area contributed by atoms with Gasteiger partial charge in [0.1, 0.15) is 0 Å². The SMILES string of the molecule is C#CCOC(=O)/C=C\C(=O)Nc1ccccc1. The molecule has 1 aromatic rings. The van der Waals surface area contributed by atoms with Crippen LogP contribution in [0.2, 0.25) is 0 Å². The standard InChI is InChI=1S/C13H11NO3/c1-2-10-17-13(16)9-8-12(15)14-11-6-4-3-5-7-11/h1,3-9H,10H2,(H,14,15)/b9-8-. The number of ether oxygens (including phenoxy) is 1. The Labute approximate surface area is 99.3 Å². The summed E-state index contributed by atoms with van der Waals surface area (Å²) >= 11 is 0. The molecule has 1 N–H and O–H groups in total. The van der Waals surface area contributed by atoms with Crippen molar-refractivity contribution in [2.24, 2.45) is 0 Å². The van der Waals surface area contributed by atoms with Crippen LogP contribution in [0.15, 0.2) is 42.5 Å². The van der Waals surface area contributed by atoms with E-state index in [4.69, 9.17) is 6.42 Å². The number of terminal acetylenes is 1. The second-order valence-corrected chi connectivity index (χ2v) is 3.00.